The summed E-state index contributed by atoms with van der Waals surface area (Å²) in [4.78, 5) is 10.3. The van der Waals surface area contributed by atoms with Gasteiger partial charge in [0, 0.05) is 7.05 Å². The first-order valence-corrected chi connectivity index (χ1v) is 2.31. The molecular weight excluding hydrogens is 108 g/mol. The van der Waals surface area contributed by atoms with Gasteiger partial charge in [0.25, 0.3) is 0 Å². The Hall–Kier alpha value is -0.610. The van der Waals surface area contributed by atoms with E-state index >= 15 is 0 Å². The van der Waals surface area contributed by atoms with Crippen LogP contribution in [0.5, 0.6) is 0 Å². The monoisotopic (exact) mass is 118 g/mol. The highest BCUT2D eigenvalue weighted by Crippen LogP contribution is 1.79. The number of hydrogen-bond acceptors (Lipinski definition) is 3. The van der Waals surface area contributed by atoms with Gasteiger partial charge in [-0.15, -0.1) is 0 Å². The Labute approximate surface area is 47.7 Å². The third-order valence-corrected chi connectivity index (χ3v) is 0.673. The second-order valence-corrected chi connectivity index (χ2v) is 1.44. The Morgan fingerprint density at radius 3 is 2.62 bits per heavy atom. The Bertz CT molecular complexity index is 82.1. The summed E-state index contributed by atoms with van der Waals surface area (Å²) in [5, 5.41) is 10.7. The first kappa shape index (κ1) is 7.39. The van der Waals surface area contributed by atoms with E-state index in [0.29, 0.717) is 0 Å². The van der Waals surface area contributed by atoms with Gasteiger partial charge in [-0.05, 0) is 0 Å². The molecule has 0 aromatic carbocycles. The van der Waals surface area contributed by atoms with Crippen molar-refractivity contribution in [3.05, 3.63) is 0 Å². The van der Waals surface area contributed by atoms with Gasteiger partial charge in [0.15, 0.2) is 0 Å². The van der Waals surface area contributed by atoms with Crippen LogP contribution in [0.1, 0.15) is 6.42 Å². The molecule has 0 rings (SSSR count). The molecule has 1 amide bonds. The van der Waals surface area contributed by atoms with E-state index in [1.807, 2.05) is 0 Å². The van der Waals surface area contributed by atoms with E-state index in [1.165, 1.54) is 7.05 Å². The number of aliphatic hydroxyl groups is 1. The number of carbonyl (C=O) groups excluding carboxylic acids is 1. The molecule has 0 fully saturated rings. The van der Waals surface area contributed by atoms with Gasteiger partial charge in [0.05, 0.1) is 6.42 Å². The number of amides is 1. The Kier molecular flexibility index (Phi) is 3.14. The molecule has 0 aliphatic rings. The van der Waals surface area contributed by atoms with Crippen molar-refractivity contribution in [1.29, 1.82) is 0 Å². The van der Waals surface area contributed by atoms with Crippen LogP contribution in [0.25, 0.3) is 0 Å². The zero-order valence-electron chi connectivity index (χ0n) is 4.72. The predicted octanol–water partition coefficient (Wildman–Crippen LogP) is -1.60. The molecule has 0 radical (unpaired) electrons. The number of rotatable bonds is 2. The number of aliphatic hydroxyl groups excluding tert-OH is 1. The standard InChI is InChI=1S/C4H10N2O2/c1-6-4(8)2-3(5)7/h3,7H,2,5H2,1H3,(H,6,8). The van der Waals surface area contributed by atoms with Gasteiger partial charge in [0.1, 0.15) is 6.23 Å². The van der Waals surface area contributed by atoms with Crippen molar-refractivity contribution in [3.8, 4) is 0 Å². The Morgan fingerprint density at radius 1 is 2.00 bits per heavy atom. The molecule has 0 aromatic rings. The van der Waals surface area contributed by atoms with Crippen LogP contribution >= 0.6 is 0 Å². The topological polar surface area (TPSA) is 75.4 Å². The lowest BCUT2D eigenvalue weighted by Gasteiger charge is -2.00. The van der Waals surface area contributed by atoms with E-state index in [0.717, 1.165) is 0 Å². The average Bonchev–Trinajstić information content (AvgIpc) is 1.65. The quantitative estimate of drug-likeness (QED) is 0.382. The van der Waals surface area contributed by atoms with E-state index in [1.54, 1.807) is 0 Å². The van der Waals surface area contributed by atoms with Crippen LogP contribution < -0.4 is 11.1 Å². The minimum atomic E-state index is -1.03. The minimum absolute atomic E-state index is 0.0312. The summed E-state index contributed by atoms with van der Waals surface area (Å²) in [5.41, 5.74) is 4.86. The molecule has 0 aliphatic carbocycles. The van der Waals surface area contributed by atoms with Crippen molar-refractivity contribution in [2.75, 3.05) is 7.05 Å². The van der Waals surface area contributed by atoms with E-state index in [2.05, 4.69) is 5.32 Å². The average molecular weight is 118 g/mol. The minimum Gasteiger partial charge on any atom is -0.378 e. The summed E-state index contributed by atoms with van der Waals surface area (Å²) in [6, 6.07) is 0. The molecule has 1 unspecified atom stereocenters. The van der Waals surface area contributed by atoms with Crippen LogP contribution in [-0.2, 0) is 4.79 Å². The lowest BCUT2D eigenvalue weighted by atomic mass is 10.4. The highest BCUT2D eigenvalue weighted by atomic mass is 16.3. The summed E-state index contributed by atoms with van der Waals surface area (Å²) in [6.07, 6.45) is -1.06. The summed E-state index contributed by atoms with van der Waals surface area (Å²) in [5.74, 6) is -0.250. The molecule has 1 atom stereocenters. The Balaban J connectivity index is 3.25. The number of nitrogens with one attached hydrogen (secondary N) is 1. The second kappa shape index (κ2) is 3.40. The van der Waals surface area contributed by atoms with E-state index in [-0.39, 0.29) is 12.3 Å². The molecule has 4 N–H and O–H groups in total. The molecular formula is C4H10N2O2. The van der Waals surface area contributed by atoms with Crippen LogP contribution in [0.4, 0.5) is 0 Å². The van der Waals surface area contributed by atoms with Crippen molar-refractivity contribution in [3.63, 3.8) is 0 Å². The first-order chi connectivity index (χ1) is 3.66. The third kappa shape index (κ3) is 3.58. The fourth-order valence-electron chi connectivity index (χ4n) is 0.292. The van der Waals surface area contributed by atoms with E-state index in [4.69, 9.17) is 10.8 Å². The second-order valence-electron chi connectivity index (χ2n) is 1.44. The molecule has 0 aliphatic heterocycles. The fraction of sp³-hybridized carbons (Fsp3) is 0.750. The first-order valence-electron chi connectivity index (χ1n) is 2.31. The van der Waals surface area contributed by atoms with Gasteiger partial charge in [-0.25, -0.2) is 0 Å². The maximum absolute atomic E-state index is 10.3. The summed E-state index contributed by atoms with van der Waals surface area (Å²) < 4.78 is 0. The van der Waals surface area contributed by atoms with Crippen LogP contribution in [0.3, 0.4) is 0 Å². The molecule has 0 aromatic heterocycles. The molecule has 0 saturated heterocycles. The maximum atomic E-state index is 10.3. The number of nitrogens with two attached hydrogens (primary N) is 1. The smallest absolute Gasteiger partial charge is 0.223 e. The molecule has 0 bridgehead atoms. The zero-order valence-corrected chi connectivity index (χ0v) is 4.72. The summed E-state index contributed by atoms with van der Waals surface area (Å²) >= 11 is 0. The highest BCUT2D eigenvalue weighted by Gasteiger charge is 2.01. The largest absolute Gasteiger partial charge is 0.378 e. The van der Waals surface area contributed by atoms with Crippen molar-refractivity contribution < 1.29 is 9.90 Å². The van der Waals surface area contributed by atoms with E-state index < -0.39 is 6.23 Å². The summed E-state index contributed by atoms with van der Waals surface area (Å²) in [7, 11) is 1.49. The molecule has 0 spiro atoms. The van der Waals surface area contributed by atoms with Crippen molar-refractivity contribution in [2.45, 2.75) is 12.6 Å². The van der Waals surface area contributed by atoms with E-state index in [9.17, 15) is 4.79 Å². The molecule has 8 heavy (non-hydrogen) atoms. The maximum Gasteiger partial charge on any atom is 0.223 e. The zero-order chi connectivity index (χ0) is 6.57. The molecule has 48 valence electrons. The van der Waals surface area contributed by atoms with Crippen molar-refractivity contribution >= 4 is 5.91 Å². The lowest BCUT2D eigenvalue weighted by molar-refractivity contribution is -0.122. The normalized spacial score (nSPS) is 12.9. The van der Waals surface area contributed by atoms with Gasteiger partial charge in [-0.2, -0.15) is 0 Å². The van der Waals surface area contributed by atoms with Crippen LogP contribution in [0, 0.1) is 0 Å². The molecule has 4 heteroatoms. The van der Waals surface area contributed by atoms with Gasteiger partial charge in [-0.3, -0.25) is 4.79 Å². The SMILES string of the molecule is CNC(=O)CC(N)O. The van der Waals surface area contributed by atoms with Crippen LogP contribution in [0.15, 0.2) is 0 Å². The third-order valence-electron chi connectivity index (χ3n) is 0.673. The van der Waals surface area contributed by atoms with Gasteiger partial charge < -0.3 is 16.2 Å². The van der Waals surface area contributed by atoms with Crippen LogP contribution in [0.2, 0.25) is 0 Å². The van der Waals surface area contributed by atoms with Crippen LogP contribution in [-0.4, -0.2) is 24.3 Å². The number of hydrogen-bond donors (Lipinski definition) is 3. The van der Waals surface area contributed by atoms with Crippen molar-refractivity contribution in [1.82, 2.24) is 5.32 Å². The Morgan fingerprint density at radius 2 is 2.50 bits per heavy atom. The lowest BCUT2D eigenvalue weighted by Crippen LogP contribution is -2.28. The fourth-order valence-corrected chi connectivity index (χ4v) is 0.292. The number of carbonyl (C=O) groups is 1. The highest BCUT2D eigenvalue weighted by molar-refractivity contribution is 5.75. The molecule has 0 saturated carbocycles. The van der Waals surface area contributed by atoms with Gasteiger partial charge in [-0.1, -0.05) is 0 Å². The molecule has 0 heterocycles. The predicted molar refractivity (Wildman–Crippen MR) is 28.9 cm³/mol. The molecule has 4 nitrogen and oxygen atoms in total. The van der Waals surface area contributed by atoms with Gasteiger partial charge >= 0.3 is 0 Å². The summed E-state index contributed by atoms with van der Waals surface area (Å²) in [6.45, 7) is 0. The van der Waals surface area contributed by atoms with Crippen molar-refractivity contribution in [2.24, 2.45) is 5.73 Å². The van der Waals surface area contributed by atoms with Gasteiger partial charge in [0.2, 0.25) is 5.91 Å².